The first-order valence-corrected chi connectivity index (χ1v) is 16.9. The highest BCUT2D eigenvalue weighted by Gasteiger charge is 2.34. The maximum absolute atomic E-state index is 12.2. The van der Waals surface area contributed by atoms with Gasteiger partial charge in [0.25, 0.3) is 0 Å². The summed E-state index contributed by atoms with van der Waals surface area (Å²) >= 11 is 0. The van der Waals surface area contributed by atoms with Gasteiger partial charge in [-0.3, -0.25) is 4.79 Å². The van der Waals surface area contributed by atoms with E-state index in [0.717, 1.165) is 51.4 Å². The number of rotatable bonds is 25. The number of aliphatic hydroxyl groups excluding tert-OH is 3. The fraction of sp³-hybridized carbons (Fsp3) is 0.882. The van der Waals surface area contributed by atoms with Gasteiger partial charge in [0.1, 0.15) is 11.9 Å². The first-order chi connectivity index (χ1) is 19.8. The van der Waals surface area contributed by atoms with Crippen LogP contribution >= 0.6 is 0 Å². The van der Waals surface area contributed by atoms with Crippen LogP contribution in [0.1, 0.15) is 155 Å². The lowest BCUT2D eigenvalue weighted by molar-refractivity contribution is -0.139. The number of unbranched alkanes of at least 4 members (excludes halogenated alkanes) is 12. The number of cyclic esters (lactones) is 1. The van der Waals surface area contributed by atoms with E-state index in [-0.39, 0.29) is 36.5 Å². The van der Waals surface area contributed by atoms with E-state index >= 15 is 0 Å². The maximum atomic E-state index is 12.2. The molecule has 0 aliphatic carbocycles. The summed E-state index contributed by atoms with van der Waals surface area (Å²) in [6.07, 6.45) is 20.5. The molecule has 2 aliphatic heterocycles. The number of hydrogen-bond donors (Lipinski definition) is 3. The van der Waals surface area contributed by atoms with Gasteiger partial charge in [0.2, 0.25) is 0 Å². The summed E-state index contributed by atoms with van der Waals surface area (Å²) in [5.74, 6) is -0.230. The van der Waals surface area contributed by atoms with E-state index in [9.17, 15) is 24.9 Å². The first-order valence-electron chi connectivity index (χ1n) is 16.9. The standard InChI is InChI=1S/C34H60O7/c1-3-4-5-6-7-8-9-10-11-15-18-30(37)32-22-23-33(41-32)31(38)19-16-13-12-14-17-28(35)20-21-29(36)25-27-24-26(2)40-34(27)39/h24,26,29-33,36-38H,3-23,25H2,1-2H3/t26-,29+,30-,31-,32-,33-/m0/s1. The van der Waals surface area contributed by atoms with Crippen molar-refractivity contribution < 1.29 is 34.4 Å². The maximum Gasteiger partial charge on any atom is 0.334 e. The van der Waals surface area contributed by atoms with Crippen LogP contribution in [0.25, 0.3) is 0 Å². The summed E-state index contributed by atoms with van der Waals surface area (Å²) in [6, 6.07) is 0. The van der Waals surface area contributed by atoms with Crippen molar-refractivity contribution in [2.75, 3.05) is 0 Å². The van der Waals surface area contributed by atoms with E-state index in [1.54, 1.807) is 13.0 Å². The van der Waals surface area contributed by atoms with E-state index in [1.165, 1.54) is 57.8 Å². The molecule has 0 saturated carbocycles. The average molecular weight is 581 g/mol. The van der Waals surface area contributed by atoms with E-state index in [1.807, 2.05) is 0 Å². The fourth-order valence-corrected chi connectivity index (χ4v) is 6.09. The Kier molecular flexibility index (Phi) is 18.8. The Hall–Kier alpha value is -1.28. The van der Waals surface area contributed by atoms with Crippen LogP contribution in [-0.4, -0.2) is 63.7 Å². The monoisotopic (exact) mass is 580 g/mol. The third-order valence-electron chi connectivity index (χ3n) is 8.71. The van der Waals surface area contributed by atoms with Crippen molar-refractivity contribution in [2.24, 2.45) is 0 Å². The van der Waals surface area contributed by atoms with Crippen LogP contribution in [-0.2, 0) is 19.1 Å². The van der Waals surface area contributed by atoms with Crippen molar-refractivity contribution in [3.8, 4) is 0 Å². The highest BCUT2D eigenvalue weighted by Crippen LogP contribution is 2.28. The lowest BCUT2D eigenvalue weighted by Gasteiger charge is -2.22. The SMILES string of the molecule is CCCCCCCCCCCC[C@H](O)[C@@H]1CC[C@@H]([C@@H](O)CCCCCCC(=O)CC[C@@H](O)CC2=C[C@H](C)OC2=O)O1. The molecule has 1 fully saturated rings. The van der Waals surface area contributed by atoms with Gasteiger partial charge in [-0.2, -0.15) is 0 Å². The van der Waals surface area contributed by atoms with Crippen molar-refractivity contribution in [1.29, 1.82) is 0 Å². The third kappa shape index (κ3) is 15.7. The normalized spacial score (nSPS) is 22.9. The number of Topliss-reactive ketones (excluding diaryl/α,β-unsaturated/α-hetero) is 1. The predicted molar refractivity (Wildman–Crippen MR) is 163 cm³/mol. The minimum Gasteiger partial charge on any atom is -0.455 e. The zero-order valence-electron chi connectivity index (χ0n) is 26.1. The van der Waals surface area contributed by atoms with Gasteiger partial charge in [-0.05, 0) is 51.5 Å². The lowest BCUT2D eigenvalue weighted by Crippen LogP contribution is -2.31. The van der Waals surface area contributed by atoms with Gasteiger partial charge < -0.3 is 24.8 Å². The molecule has 238 valence electrons. The molecule has 0 amide bonds. The second-order valence-electron chi connectivity index (χ2n) is 12.6. The molecular formula is C34H60O7. The summed E-state index contributed by atoms with van der Waals surface area (Å²) in [6.45, 7) is 4.04. The molecule has 0 bridgehead atoms. The molecule has 0 aromatic carbocycles. The van der Waals surface area contributed by atoms with Gasteiger partial charge in [0, 0.05) is 24.8 Å². The molecule has 6 atom stereocenters. The lowest BCUT2D eigenvalue weighted by atomic mass is 9.99. The minimum absolute atomic E-state index is 0.141. The van der Waals surface area contributed by atoms with Crippen molar-refractivity contribution in [3.63, 3.8) is 0 Å². The average Bonchev–Trinajstić information content (AvgIpc) is 3.56. The van der Waals surface area contributed by atoms with E-state index < -0.39 is 18.3 Å². The number of esters is 1. The van der Waals surface area contributed by atoms with Crippen molar-refractivity contribution in [2.45, 2.75) is 192 Å². The Morgan fingerprint density at radius 1 is 0.780 bits per heavy atom. The predicted octanol–water partition coefficient (Wildman–Crippen LogP) is 6.88. The van der Waals surface area contributed by atoms with Crippen LogP contribution in [0, 0.1) is 0 Å². The first kappa shape index (κ1) is 35.9. The van der Waals surface area contributed by atoms with Gasteiger partial charge in [-0.15, -0.1) is 0 Å². The second-order valence-corrected chi connectivity index (χ2v) is 12.6. The number of ketones is 1. The van der Waals surface area contributed by atoms with Crippen molar-refractivity contribution in [1.82, 2.24) is 0 Å². The molecular weight excluding hydrogens is 520 g/mol. The van der Waals surface area contributed by atoms with Gasteiger partial charge in [-0.25, -0.2) is 4.79 Å². The third-order valence-corrected chi connectivity index (χ3v) is 8.71. The Morgan fingerprint density at radius 3 is 1.80 bits per heavy atom. The van der Waals surface area contributed by atoms with E-state index in [0.29, 0.717) is 31.3 Å². The number of hydrogen-bond acceptors (Lipinski definition) is 7. The molecule has 0 aromatic heterocycles. The van der Waals surface area contributed by atoms with Crippen molar-refractivity contribution >= 4 is 11.8 Å². The molecule has 7 heteroatoms. The largest absolute Gasteiger partial charge is 0.455 e. The molecule has 2 aliphatic rings. The molecule has 2 heterocycles. The van der Waals surface area contributed by atoms with Gasteiger partial charge in [0.05, 0.1) is 30.5 Å². The zero-order chi connectivity index (χ0) is 29.9. The van der Waals surface area contributed by atoms with Crippen LogP contribution in [0.4, 0.5) is 0 Å². The van der Waals surface area contributed by atoms with Crippen LogP contribution in [0.5, 0.6) is 0 Å². The Morgan fingerprint density at radius 2 is 1.29 bits per heavy atom. The Balaban J connectivity index is 1.42. The number of carbonyl (C=O) groups excluding carboxylic acids is 2. The van der Waals surface area contributed by atoms with Crippen molar-refractivity contribution in [3.05, 3.63) is 11.6 Å². The van der Waals surface area contributed by atoms with Crippen LogP contribution < -0.4 is 0 Å². The highest BCUT2D eigenvalue weighted by molar-refractivity contribution is 5.90. The molecule has 7 nitrogen and oxygen atoms in total. The second kappa shape index (κ2) is 21.4. The molecule has 0 radical (unpaired) electrons. The zero-order valence-corrected chi connectivity index (χ0v) is 26.1. The molecule has 0 spiro atoms. The molecule has 41 heavy (non-hydrogen) atoms. The molecule has 1 saturated heterocycles. The highest BCUT2D eigenvalue weighted by atomic mass is 16.5. The van der Waals surface area contributed by atoms with Crippen LogP contribution in [0.15, 0.2) is 11.6 Å². The summed E-state index contributed by atoms with van der Waals surface area (Å²) in [7, 11) is 0. The van der Waals surface area contributed by atoms with Gasteiger partial charge >= 0.3 is 5.97 Å². The molecule has 3 N–H and O–H groups in total. The fourth-order valence-electron chi connectivity index (χ4n) is 6.09. The molecule has 2 rings (SSSR count). The van der Waals surface area contributed by atoms with Crippen LogP contribution in [0.3, 0.4) is 0 Å². The van der Waals surface area contributed by atoms with E-state index in [4.69, 9.17) is 9.47 Å². The Bertz CT molecular complexity index is 751. The smallest absolute Gasteiger partial charge is 0.334 e. The number of aliphatic hydroxyl groups is 3. The van der Waals surface area contributed by atoms with Gasteiger partial charge in [-0.1, -0.05) is 90.4 Å². The topological polar surface area (TPSA) is 113 Å². The van der Waals surface area contributed by atoms with Gasteiger partial charge in [0.15, 0.2) is 0 Å². The van der Waals surface area contributed by atoms with E-state index in [2.05, 4.69) is 6.92 Å². The molecule has 0 aromatic rings. The van der Waals surface area contributed by atoms with Crippen LogP contribution in [0.2, 0.25) is 0 Å². The number of carbonyl (C=O) groups is 2. The summed E-state index contributed by atoms with van der Waals surface area (Å²) in [5, 5.41) is 31.3. The Labute approximate surface area is 249 Å². The summed E-state index contributed by atoms with van der Waals surface area (Å²) in [4.78, 5) is 23.8. The summed E-state index contributed by atoms with van der Waals surface area (Å²) < 4.78 is 11.1. The number of ether oxygens (including phenoxy) is 2. The molecule has 0 unspecified atom stereocenters. The quantitative estimate of drug-likeness (QED) is 0.0797. The summed E-state index contributed by atoms with van der Waals surface area (Å²) in [5.41, 5.74) is 0.499. The minimum atomic E-state index is -0.706.